The van der Waals surface area contributed by atoms with Crippen molar-refractivity contribution >= 4 is 23.1 Å². The number of hydrogen-bond acceptors (Lipinski definition) is 3. The highest BCUT2D eigenvalue weighted by atomic mass is 32.1. The Morgan fingerprint density at radius 2 is 2.57 bits per heavy atom. The summed E-state index contributed by atoms with van der Waals surface area (Å²) >= 11 is 1.72. The molecular formula is C9H12N2O2S. The van der Waals surface area contributed by atoms with E-state index >= 15 is 0 Å². The van der Waals surface area contributed by atoms with Crippen molar-refractivity contribution in [3.8, 4) is 0 Å². The zero-order valence-corrected chi connectivity index (χ0v) is 8.43. The molecule has 0 saturated heterocycles. The molecule has 3 N–H and O–H groups in total. The molecule has 1 aliphatic heterocycles. The Hall–Kier alpha value is -1.23. The number of nitrogens with one attached hydrogen (secondary N) is 2. The van der Waals surface area contributed by atoms with Crippen LogP contribution in [0, 0.1) is 0 Å². The Kier molecular flexibility index (Phi) is 2.58. The SMILES string of the molecule is O=C(O)N[C@@H]1CCc2sccc2NC1. The molecule has 2 heterocycles. The maximum Gasteiger partial charge on any atom is 0.404 e. The fourth-order valence-electron chi connectivity index (χ4n) is 1.63. The molecule has 76 valence electrons. The van der Waals surface area contributed by atoms with Crippen LogP contribution in [0.25, 0.3) is 0 Å². The number of aryl methyl sites for hydroxylation is 1. The van der Waals surface area contributed by atoms with Crippen LogP contribution < -0.4 is 10.6 Å². The number of anilines is 1. The van der Waals surface area contributed by atoms with E-state index in [-0.39, 0.29) is 6.04 Å². The normalized spacial score (nSPS) is 20.4. The van der Waals surface area contributed by atoms with Crippen LogP contribution in [0.3, 0.4) is 0 Å². The summed E-state index contributed by atoms with van der Waals surface area (Å²) in [5, 5.41) is 16.4. The predicted octanol–water partition coefficient (Wildman–Crippen LogP) is 1.74. The van der Waals surface area contributed by atoms with Gasteiger partial charge in [-0.3, -0.25) is 0 Å². The molecule has 4 nitrogen and oxygen atoms in total. The van der Waals surface area contributed by atoms with Crippen LogP contribution in [0.2, 0.25) is 0 Å². The van der Waals surface area contributed by atoms with Crippen LogP contribution in [-0.2, 0) is 6.42 Å². The molecule has 1 amide bonds. The third-order valence-electron chi connectivity index (χ3n) is 2.33. The van der Waals surface area contributed by atoms with Gasteiger partial charge >= 0.3 is 6.09 Å². The summed E-state index contributed by atoms with van der Waals surface area (Å²) in [6.45, 7) is 0.677. The van der Waals surface area contributed by atoms with Gasteiger partial charge in [0.25, 0.3) is 0 Å². The van der Waals surface area contributed by atoms with E-state index in [9.17, 15) is 4.79 Å². The zero-order chi connectivity index (χ0) is 9.97. The second kappa shape index (κ2) is 3.88. The van der Waals surface area contributed by atoms with Gasteiger partial charge in [-0.05, 0) is 24.3 Å². The van der Waals surface area contributed by atoms with E-state index in [1.165, 1.54) is 4.88 Å². The van der Waals surface area contributed by atoms with Gasteiger partial charge in [0, 0.05) is 23.2 Å². The molecule has 0 bridgehead atoms. The molecule has 0 aromatic carbocycles. The highest BCUT2D eigenvalue weighted by Gasteiger charge is 2.17. The first-order chi connectivity index (χ1) is 6.75. The minimum absolute atomic E-state index is 0.0205. The quantitative estimate of drug-likeness (QED) is 0.664. The largest absolute Gasteiger partial charge is 0.465 e. The van der Waals surface area contributed by atoms with Gasteiger partial charge in [-0.25, -0.2) is 4.79 Å². The predicted molar refractivity (Wildman–Crippen MR) is 56.1 cm³/mol. The smallest absolute Gasteiger partial charge is 0.404 e. The summed E-state index contributed by atoms with van der Waals surface area (Å²) in [5.41, 5.74) is 1.16. The Morgan fingerprint density at radius 1 is 1.71 bits per heavy atom. The Labute approximate surface area is 85.9 Å². The maximum atomic E-state index is 10.5. The molecule has 5 heteroatoms. The summed E-state index contributed by atoms with van der Waals surface area (Å²) in [6, 6.07) is 2.07. The van der Waals surface area contributed by atoms with Crippen molar-refractivity contribution in [3.05, 3.63) is 16.3 Å². The van der Waals surface area contributed by atoms with Crippen molar-refractivity contribution in [2.75, 3.05) is 11.9 Å². The van der Waals surface area contributed by atoms with Gasteiger partial charge < -0.3 is 15.7 Å². The fraction of sp³-hybridized carbons (Fsp3) is 0.444. The van der Waals surface area contributed by atoms with Crippen LogP contribution in [0.15, 0.2) is 11.4 Å². The summed E-state index contributed by atoms with van der Waals surface area (Å²) < 4.78 is 0. The monoisotopic (exact) mass is 212 g/mol. The maximum absolute atomic E-state index is 10.5. The third-order valence-corrected chi connectivity index (χ3v) is 3.31. The van der Waals surface area contributed by atoms with Gasteiger partial charge in [-0.15, -0.1) is 11.3 Å². The molecule has 0 aliphatic carbocycles. The van der Waals surface area contributed by atoms with Crippen molar-refractivity contribution in [1.29, 1.82) is 0 Å². The molecule has 1 aromatic rings. The van der Waals surface area contributed by atoms with Gasteiger partial charge in [-0.2, -0.15) is 0 Å². The van der Waals surface area contributed by atoms with Crippen molar-refractivity contribution in [1.82, 2.24) is 5.32 Å². The molecule has 0 unspecified atom stereocenters. The minimum atomic E-state index is -0.943. The molecular weight excluding hydrogens is 200 g/mol. The van der Waals surface area contributed by atoms with E-state index in [2.05, 4.69) is 16.0 Å². The number of thiophene rings is 1. The molecule has 14 heavy (non-hydrogen) atoms. The van der Waals surface area contributed by atoms with Crippen molar-refractivity contribution in [3.63, 3.8) is 0 Å². The topological polar surface area (TPSA) is 61.4 Å². The lowest BCUT2D eigenvalue weighted by Gasteiger charge is -2.13. The molecule has 0 saturated carbocycles. The van der Waals surface area contributed by atoms with Crippen LogP contribution in [0.5, 0.6) is 0 Å². The third kappa shape index (κ3) is 1.98. The highest BCUT2D eigenvalue weighted by molar-refractivity contribution is 7.10. The summed E-state index contributed by atoms with van der Waals surface area (Å²) in [6.07, 6.45) is 0.875. The lowest BCUT2D eigenvalue weighted by Crippen LogP contribution is -2.38. The second-order valence-corrected chi connectivity index (χ2v) is 4.32. The molecule has 1 atom stereocenters. The van der Waals surface area contributed by atoms with Gasteiger partial charge in [0.15, 0.2) is 0 Å². The molecule has 1 aliphatic rings. The van der Waals surface area contributed by atoms with Crippen LogP contribution in [0.4, 0.5) is 10.5 Å². The molecule has 0 radical (unpaired) electrons. The van der Waals surface area contributed by atoms with E-state index in [0.717, 1.165) is 18.5 Å². The average molecular weight is 212 g/mol. The highest BCUT2D eigenvalue weighted by Crippen LogP contribution is 2.26. The Bertz CT molecular complexity index is 315. The summed E-state index contributed by atoms with van der Waals surface area (Å²) in [5.74, 6) is 0. The molecule has 0 fully saturated rings. The van der Waals surface area contributed by atoms with Crippen LogP contribution in [-0.4, -0.2) is 23.8 Å². The van der Waals surface area contributed by atoms with Gasteiger partial charge in [0.1, 0.15) is 0 Å². The van der Waals surface area contributed by atoms with Gasteiger partial charge in [-0.1, -0.05) is 0 Å². The first-order valence-corrected chi connectivity index (χ1v) is 5.43. The summed E-state index contributed by atoms with van der Waals surface area (Å²) in [7, 11) is 0. The molecule has 2 rings (SSSR count). The van der Waals surface area contributed by atoms with Gasteiger partial charge in [0.05, 0.1) is 0 Å². The first-order valence-electron chi connectivity index (χ1n) is 4.55. The number of rotatable bonds is 1. The van der Waals surface area contributed by atoms with Crippen molar-refractivity contribution < 1.29 is 9.90 Å². The van der Waals surface area contributed by atoms with E-state index in [0.29, 0.717) is 6.54 Å². The fourth-order valence-corrected chi connectivity index (χ4v) is 2.50. The van der Waals surface area contributed by atoms with Gasteiger partial charge in [0.2, 0.25) is 0 Å². The zero-order valence-electron chi connectivity index (χ0n) is 7.62. The summed E-state index contributed by atoms with van der Waals surface area (Å²) in [4.78, 5) is 11.8. The molecule has 1 aromatic heterocycles. The van der Waals surface area contributed by atoms with Crippen LogP contribution >= 0.6 is 11.3 Å². The molecule has 0 spiro atoms. The number of fused-ring (bicyclic) bond motifs is 1. The lowest BCUT2D eigenvalue weighted by atomic mass is 10.1. The number of carbonyl (C=O) groups is 1. The Morgan fingerprint density at radius 3 is 3.36 bits per heavy atom. The number of carboxylic acid groups (broad SMARTS) is 1. The Balaban J connectivity index is 1.99. The standard InChI is InChI=1S/C9H12N2O2S/c12-9(13)11-6-1-2-8-7(10-5-6)3-4-14-8/h3-4,6,10-11H,1-2,5H2,(H,12,13)/t6-/m1/s1. The number of amides is 1. The second-order valence-electron chi connectivity index (χ2n) is 3.32. The lowest BCUT2D eigenvalue weighted by molar-refractivity contribution is 0.190. The minimum Gasteiger partial charge on any atom is -0.465 e. The van der Waals surface area contributed by atoms with E-state index in [1.807, 2.05) is 6.07 Å². The van der Waals surface area contributed by atoms with E-state index < -0.39 is 6.09 Å². The average Bonchev–Trinajstić information content (AvgIpc) is 2.50. The first kappa shape index (κ1) is 9.33. The van der Waals surface area contributed by atoms with E-state index in [4.69, 9.17) is 5.11 Å². The van der Waals surface area contributed by atoms with E-state index in [1.54, 1.807) is 11.3 Å². The van der Waals surface area contributed by atoms with Crippen molar-refractivity contribution in [2.24, 2.45) is 0 Å². The number of hydrogen-bond donors (Lipinski definition) is 3. The van der Waals surface area contributed by atoms with Crippen LogP contribution in [0.1, 0.15) is 11.3 Å². The van der Waals surface area contributed by atoms with Crippen molar-refractivity contribution in [2.45, 2.75) is 18.9 Å².